The molecule has 0 aromatic carbocycles. The molecule has 0 radical (unpaired) electrons. The van der Waals surface area contributed by atoms with E-state index in [1.54, 1.807) is 12.1 Å². The number of aromatic nitrogens is 1. The van der Waals surface area contributed by atoms with Crippen molar-refractivity contribution < 1.29 is 9.84 Å². The summed E-state index contributed by atoms with van der Waals surface area (Å²) >= 11 is 0. The van der Waals surface area contributed by atoms with Crippen LogP contribution in [0.4, 0.5) is 0 Å². The molecular formula is C16H16N2O2. The molecule has 1 aromatic heterocycles. The Kier molecular flexibility index (Phi) is 4.70. The van der Waals surface area contributed by atoms with Crippen molar-refractivity contribution in [1.29, 1.82) is 5.26 Å². The summed E-state index contributed by atoms with van der Waals surface area (Å²) in [6, 6.07) is 5.31. The summed E-state index contributed by atoms with van der Waals surface area (Å²) in [5.41, 5.74) is 1.31. The van der Waals surface area contributed by atoms with Gasteiger partial charge in [-0.2, -0.15) is 5.26 Å². The first kappa shape index (κ1) is 14.0. The fourth-order valence-electron chi connectivity index (χ4n) is 1.82. The zero-order valence-corrected chi connectivity index (χ0v) is 11.1. The van der Waals surface area contributed by atoms with Gasteiger partial charge in [-0.25, -0.2) is 4.98 Å². The number of nitrogens with zero attached hydrogens (tertiary/aromatic N) is 2. The van der Waals surface area contributed by atoms with Crippen LogP contribution in [-0.4, -0.2) is 16.2 Å². The minimum Gasteiger partial charge on any atom is -0.439 e. The lowest BCUT2D eigenvalue weighted by Crippen LogP contribution is -2.06. The Bertz CT molecular complexity index is 579. The number of allylic oxidation sites excluding steroid dienone is 3. The molecule has 1 N–H and O–H groups in total. The number of aliphatic hydroxyl groups excluding tert-OH is 1. The molecule has 0 spiro atoms. The standard InChI is InChI=1S/C16H16N2O2/c1-12-6-8-14(19)4-2-3-5-15(12)20-16-9-7-13(10-17)11-18-16/h2-3,5,7,9,11,14,19H,1,4,6,8H2/b3-2-,15-5+/t14-/m1/s1. The van der Waals surface area contributed by atoms with Gasteiger partial charge in [-0.15, -0.1) is 0 Å². The molecule has 0 fully saturated rings. The van der Waals surface area contributed by atoms with E-state index in [1.165, 1.54) is 6.20 Å². The van der Waals surface area contributed by atoms with E-state index in [0.29, 0.717) is 36.5 Å². The number of aliphatic hydroxyl groups is 1. The fraction of sp³-hybridized carbons (Fsp3) is 0.250. The summed E-state index contributed by atoms with van der Waals surface area (Å²) < 4.78 is 5.70. The molecule has 0 saturated heterocycles. The topological polar surface area (TPSA) is 66.1 Å². The Labute approximate surface area is 118 Å². The van der Waals surface area contributed by atoms with Crippen LogP contribution < -0.4 is 4.74 Å². The van der Waals surface area contributed by atoms with E-state index in [2.05, 4.69) is 11.6 Å². The van der Waals surface area contributed by atoms with Gasteiger partial charge in [-0.1, -0.05) is 18.7 Å². The molecule has 2 rings (SSSR count). The maximum atomic E-state index is 9.69. The van der Waals surface area contributed by atoms with Crippen LogP contribution in [0.15, 0.2) is 54.5 Å². The molecule has 102 valence electrons. The third-order valence-corrected chi connectivity index (χ3v) is 3.00. The van der Waals surface area contributed by atoms with Gasteiger partial charge in [-0.3, -0.25) is 0 Å². The molecule has 0 bridgehead atoms. The zero-order chi connectivity index (χ0) is 14.4. The molecule has 4 nitrogen and oxygen atoms in total. The highest BCUT2D eigenvalue weighted by atomic mass is 16.5. The lowest BCUT2D eigenvalue weighted by atomic mass is 10.1. The largest absolute Gasteiger partial charge is 0.439 e. The van der Waals surface area contributed by atoms with Crippen LogP contribution in [-0.2, 0) is 0 Å². The molecule has 1 aliphatic rings. The number of ether oxygens (including phenoxy) is 1. The minimum absolute atomic E-state index is 0.344. The first-order valence-electron chi connectivity index (χ1n) is 6.46. The average Bonchev–Trinajstić information content (AvgIpc) is 2.54. The normalized spacial score (nSPS) is 23.5. The average molecular weight is 268 g/mol. The maximum absolute atomic E-state index is 9.69. The Hall–Kier alpha value is -2.38. The number of rotatable bonds is 2. The lowest BCUT2D eigenvalue weighted by Gasteiger charge is -2.12. The molecule has 0 amide bonds. The van der Waals surface area contributed by atoms with Gasteiger partial charge in [0.15, 0.2) is 0 Å². The van der Waals surface area contributed by atoms with Gasteiger partial charge in [-0.05, 0) is 37.0 Å². The van der Waals surface area contributed by atoms with Crippen molar-refractivity contribution in [2.75, 3.05) is 0 Å². The number of pyridine rings is 1. The summed E-state index contributed by atoms with van der Waals surface area (Å²) in [4.78, 5) is 4.07. The van der Waals surface area contributed by atoms with Crippen molar-refractivity contribution in [3.63, 3.8) is 0 Å². The molecule has 0 unspecified atom stereocenters. The van der Waals surface area contributed by atoms with Crippen molar-refractivity contribution >= 4 is 0 Å². The van der Waals surface area contributed by atoms with Crippen LogP contribution in [0, 0.1) is 11.3 Å². The van der Waals surface area contributed by atoms with E-state index in [-0.39, 0.29) is 6.10 Å². The first-order valence-corrected chi connectivity index (χ1v) is 6.46. The van der Waals surface area contributed by atoms with Gasteiger partial charge >= 0.3 is 0 Å². The second kappa shape index (κ2) is 6.69. The van der Waals surface area contributed by atoms with Crippen LogP contribution >= 0.6 is 0 Å². The van der Waals surface area contributed by atoms with Crippen molar-refractivity contribution in [1.82, 2.24) is 4.98 Å². The number of nitriles is 1. The molecule has 20 heavy (non-hydrogen) atoms. The summed E-state index contributed by atoms with van der Waals surface area (Å²) in [6.07, 6.45) is 8.65. The van der Waals surface area contributed by atoms with E-state index >= 15 is 0 Å². The van der Waals surface area contributed by atoms with Gasteiger partial charge in [0.25, 0.3) is 0 Å². The minimum atomic E-state index is -0.344. The Morgan fingerprint density at radius 2 is 2.30 bits per heavy atom. The molecular weight excluding hydrogens is 252 g/mol. The van der Waals surface area contributed by atoms with Crippen molar-refractivity contribution in [3.05, 3.63) is 60.0 Å². The van der Waals surface area contributed by atoms with Gasteiger partial charge in [0.1, 0.15) is 11.8 Å². The molecule has 0 aliphatic heterocycles. The van der Waals surface area contributed by atoms with Gasteiger partial charge in [0, 0.05) is 12.3 Å². The summed E-state index contributed by atoms with van der Waals surface area (Å²) in [6.45, 7) is 3.98. The fourth-order valence-corrected chi connectivity index (χ4v) is 1.82. The van der Waals surface area contributed by atoms with Crippen molar-refractivity contribution in [3.8, 4) is 11.9 Å². The molecule has 4 heteroatoms. The first-order chi connectivity index (χ1) is 9.69. The van der Waals surface area contributed by atoms with Crippen LogP contribution in [0.3, 0.4) is 0 Å². The van der Waals surface area contributed by atoms with E-state index in [0.717, 1.165) is 5.57 Å². The van der Waals surface area contributed by atoms with Gasteiger partial charge < -0.3 is 9.84 Å². The molecule has 1 atom stereocenters. The zero-order valence-electron chi connectivity index (χ0n) is 11.1. The summed E-state index contributed by atoms with van der Waals surface area (Å²) in [7, 11) is 0. The molecule has 1 heterocycles. The monoisotopic (exact) mass is 268 g/mol. The second-order valence-corrected chi connectivity index (χ2v) is 4.59. The van der Waals surface area contributed by atoms with Crippen LogP contribution in [0.25, 0.3) is 0 Å². The third kappa shape index (κ3) is 3.81. The SMILES string of the molecule is C=C1CC[C@H](O)C/C=C\C=C/1Oc1ccc(C#N)cn1. The van der Waals surface area contributed by atoms with Crippen LogP contribution in [0.5, 0.6) is 5.88 Å². The van der Waals surface area contributed by atoms with E-state index in [1.807, 2.05) is 24.3 Å². The van der Waals surface area contributed by atoms with E-state index in [9.17, 15) is 5.11 Å². The summed E-state index contributed by atoms with van der Waals surface area (Å²) in [5, 5.41) is 18.4. The Balaban J connectivity index is 2.13. The van der Waals surface area contributed by atoms with E-state index < -0.39 is 0 Å². The Morgan fingerprint density at radius 3 is 3.00 bits per heavy atom. The Morgan fingerprint density at radius 1 is 1.45 bits per heavy atom. The number of hydrogen-bond acceptors (Lipinski definition) is 4. The lowest BCUT2D eigenvalue weighted by molar-refractivity contribution is 0.168. The van der Waals surface area contributed by atoms with E-state index in [4.69, 9.17) is 10.00 Å². The predicted molar refractivity (Wildman–Crippen MR) is 75.8 cm³/mol. The molecule has 1 aromatic rings. The van der Waals surface area contributed by atoms with Crippen LogP contribution in [0.1, 0.15) is 24.8 Å². The molecule has 0 saturated carbocycles. The maximum Gasteiger partial charge on any atom is 0.219 e. The third-order valence-electron chi connectivity index (χ3n) is 3.00. The number of hydrogen-bond donors (Lipinski definition) is 1. The highest BCUT2D eigenvalue weighted by molar-refractivity contribution is 5.33. The smallest absolute Gasteiger partial charge is 0.219 e. The predicted octanol–water partition coefficient (Wildman–Crippen LogP) is 2.87. The molecule has 1 aliphatic carbocycles. The van der Waals surface area contributed by atoms with Crippen molar-refractivity contribution in [2.24, 2.45) is 0 Å². The van der Waals surface area contributed by atoms with Gasteiger partial charge in [0.2, 0.25) is 5.88 Å². The second-order valence-electron chi connectivity index (χ2n) is 4.59. The highest BCUT2D eigenvalue weighted by Gasteiger charge is 2.11. The van der Waals surface area contributed by atoms with Crippen molar-refractivity contribution in [2.45, 2.75) is 25.4 Å². The highest BCUT2D eigenvalue weighted by Crippen LogP contribution is 2.21. The van der Waals surface area contributed by atoms with Crippen LogP contribution in [0.2, 0.25) is 0 Å². The van der Waals surface area contributed by atoms with Gasteiger partial charge in [0.05, 0.1) is 11.7 Å². The quantitative estimate of drug-likeness (QED) is 0.895. The summed E-state index contributed by atoms with van der Waals surface area (Å²) in [5.74, 6) is 1.05.